The fourth-order valence-electron chi connectivity index (χ4n) is 2.35. The van der Waals surface area contributed by atoms with E-state index in [-0.39, 0.29) is 23.7 Å². The molecule has 0 saturated heterocycles. The molecule has 2 aromatic carbocycles. The van der Waals surface area contributed by atoms with E-state index in [9.17, 15) is 19.7 Å². The summed E-state index contributed by atoms with van der Waals surface area (Å²) in [6.07, 6.45) is 0. The Kier molecular flexibility index (Phi) is 6.74. The molecule has 0 fully saturated rings. The third-order valence-corrected chi connectivity index (χ3v) is 3.68. The molecule has 0 spiro atoms. The molecule has 3 amide bonds. The number of methoxy groups -OCH3 is 2. The van der Waals surface area contributed by atoms with Gasteiger partial charge in [-0.3, -0.25) is 14.9 Å². The third kappa shape index (κ3) is 5.34. The van der Waals surface area contributed by atoms with Gasteiger partial charge in [0.25, 0.3) is 5.69 Å². The van der Waals surface area contributed by atoms with Crippen LogP contribution in [0.3, 0.4) is 0 Å². The largest absolute Gasteiger partial charge is 0.495 e. The van der Waals surface area contributed by atoms with Crippen LogP contribution in [0.1, 0.15) is 5.56 Å². The predicted octanol–water partition coefficient (Wildman–Crippen LogP) is 2.68. The molecule has 0 saturated carbocycles. The van der Waals surface area contributed by atoms with Crippen molar-refractivity contribution in [3.05, 3.63) is 52.1 Å². The zero-order valence-electron chi connectivity index (χ0n) is 15.6. The van der Waals surface area contributed by atoms with Crippen LogP contribution in [-0.2, 0) is 4.79 Å². The maximum Gasteiger partial charge on any atom is 0.319 e. The van der Waals surface area contributed by atoms with Gasteiger partial charge in [0, 0.05) is 12.1 Å². The van der Waals surface area contributed by atoms with E-state index in [1.807, 2.05) is 13.0 Å². The van der Waals surface area contributed by atoms with Crippen molar-refractivity contribution in [1.29, 1.82) is 0 Å². The lowest BCUT2D eigenvalue weighted by Gasteiger charge is -2.13. The summed E-state index contributed by atoms with van der Waals surface area (Å²) in [7, 11) is 2.85. The first-order valence-corrected chi connectivity index (χ1v) is 8.15. The quantitative estimate of drug-likeness (QED) is 0.493. The molecule has 0 aliphatic rings. The number of anilines is 2. The number of non-ortho nitro benzene ring substituents is 1. The summed E-state index contributed by atoms with van der Waals surface area (Å²) < 4.78 is 10.2. The van der Waals surface area contributed by atoms with Crippen molar-refractivity contribution in [2.24, 2.45) is 0 Å². The van der Waals surface area contributed by atoms with Gasteiger partial charge in [-0.2, -0.15) is 0 Å². The van der Waals surface area contributed by atoms with Crippen molar-refractivity contribution < 1.29 is 24.0 Å². The molecule has 0 radical (unpaired) electrons. The minimum atomic E-state index is -0.717. The van der Waals surface area contributed by atoms with Crippen LogP contribution >= 0.6 is 0 Å². The maximum absolute atomic E-state index is 12.1. The number of hydrogen-bond acceptors (Lipinski definition) is 6. The number of carbonyl (C=O) groups excluding carboxylic acids is 2. The molecular weight excluding hydrogens is 368 g/mol. The number of nitro benzene ring substituents is 1. The summed E-state index contributed by atoms with van der Waals surface area (Å²) in [6, 6.07) is 8.37. The van der Waals surface area contributed by atoms with Gasteiger partial charge >= 0.3 is 6.03 Å². The minimum absolute atomic E-state index is 0.106. The zero-order chi connectivity index (χ0) is 20.7. The lowest BCUT2D eigenvalue weighted by Crippen LogP contribution is -2.35. The van der Waals surface area contributed by atoms with Gasteiger partial charge in [0.1, 0.15) is 11.5 Å². The van der Waals surface area contributed by atoms with Crippen LogP contribution in [0, 0.1) is 17.0 Å². The highest BCUT2D eigenvalue weighted by molar-refractivity contribution is 5.98. The average Bonchev–Trinajstić information content (AvgIpc) is 2.66. The number of urea groups is 1. The van der Waals surface area contributed by atoms with Gasteiger partial charge in [0.05, 0.1) is 37.1 Å². The molecule has 148 valence electrons. The minimum Gasteiger partial charge on any atom is -0.495 e. The van der Waals surface area contributed by atoms with E-state index < -0.39 is 16.9 Å². The number of carbonyl (C=O) groups is 2. The molecule has 3 N–H and O–H groups in total. The molecular formula is C18H20N4O6. The van der Waals surface area contributed by atoms with E-state index in [4.69, 9.17) is 9.47 Å². The molecule has 0 unspecified atom stereocenters. The van der Waals surface area contributed by atoms with E-state index in [0.29, 0.717) is 11.4 Å². The number of hydrogen-bond donors (Lipinski definition) is 3. The summed E-state index contributed by atoms with van der Waals surface area (Å²) in [5, 5.41) is 18.3. The molecule has 0 heterocycles. The van der Waals surface area contributed by atoms with Crippen molar-refractivity contribution in [3.63, 3.8) is 0 Å². The number of ether oxygens (including phenoxy) is 2. The number of nitro groups is 1. The van der Waals surface area contributed by atoms with Gasteiger partial charge in [-0.25, -0.2) is 4.79 Å². The third-order valence-electron chi connectivity index (χ3n) is 3.68. The van der Waals surface area contributed by atoms with Crippen LogP contribution in [-0.4, -0.2) is 37.6 Å². The van der Waals surface area contributed by atoms with Crippen LogP contribution < -0.4 is 25.4 Å². The van der Waals surface area contributed by atoms with Crippen LogP contribution in [0.25, 0.3) is 0 Å². The van der Waals surface area contributed by atoms with Gasteiger partial charge in [0.2, 0.25) is 5.91 Å². The van der Waals surface area contributed by atoms with Crippen molar-refractivity contribution in [3.8, 4) is 11.5 Å². The van der Waals surface area contributed by atoms with Crippen molar-refractivity contribution in [2.75, 3.05) is 31.4 Å². The van der Waals surface area contributed by atoms with E-state index in [2.05, 4.69) is 16.0 Å². The molecule has 0 aromatic heterocycles. The summed E-state index contributed by atoms with van der Waals surface area (Å²) in [5.74, 6) is 0.268. The standard InChI is InChI=1S/C18H20N4O6/c1-11-4-6-15(27-2)13(8-11)20-17(23)10-19-18(24)21-14-9-12(22(25)26)5-7-16(14)28-3/h4-9H,10H2,1-3H3,(H,20,23)(H2,19,21,24). The van der Waals surface area contributed by atoms with Crippen LogP contribution in [0.2, 0.25) is 0 Å². The Morgan fingerprint density at radius 2 is 1.61 bits per heavy atom. The zero-order valence-corrected chi connectivity index (χ0v) is 15.6. The smallest absolute Gasteiger partial charge is 0.319 e. The molecule has 0 aliphatic carbocycles. The Morgan fingerprint density at radius 1 is 1.00 bits per heavy atom. The molecule has 28 heavy (non-hydrogen) atoms. The summed E-state index contributed by atoms with van der Waals surface area (Å²) in [4.78, 5) is 34.4. The van der Waals surface area contributed by atoms with Gasteiger partial charge in [-0.05, 0) is 30.7 Å². The number of amides is 3. The maximum atomic E-state index is 12.1. The van der Waals surface area contributed by atoms with Crippen LogP contribution in [0.4, 0.5) is 21.9 Å². The number of rotatable bonds is 7. The van der Waals surface area contributed by atoms with Crippen molar-refractivity contribution >= 4 is 29.0 Å². The molecule has 0 atom stereocenters. The van der Waals surface area contributed by atoms with E-state index >= 15 is 0 Å². The molecule has 0 bridgehead atoms. The summed E-state index contributed by atoms with van der Waals surface area (Å²) in [6.45, 7) is 1.55. The second kappa shape index (κ2) is 9.21. The molecule has 10 heteroatoms. The Labute approximate surface area is 161 Å². The lowest BCUT2D eigenvalue weighted by molar-refractivity contribution is -0.384. The highest BCUT2D eigenvalue weighted by Gasteiger charge is 2.14. The van der Waals surface area contributed by atoms with Crippen LogP contribution in [0.5, 0.6) is 11.5 Å². The van der Waals surface area contributed by atoms with Crippen molar-refractivity contribution in [1.82, 2.24) is 5.32 Å². The Hall–Kier alpha value is -3.82. The normalized spacial score (nSPS) is 9.96. The van der Waals surface area contributed by atoms with Gasteiger partial charge in [-0.15, -0.1) is 0 Å². The van der Waals surface area contributed by atoms with Gasteiger partial charge in [0.15, 0.2) is 0 Å². The highest BCUT2D eigenvalue weighted by atomic mass is 16.6. The average molecular weight is 388 g/mol. The first-order valence-electron chi connectivity index (χ1n) is 8.15. The van der Waals surface area contributed by atoms with Gasteiger partial charge in [-0.1, -0.05) is 6.07 Å². The molecule has 0 aliphatic heterocycles. The number of aryl methyl sites for hydroxylation is 1. The topological polar surface area (TPSA) is 132 Å². The van der Waals surface area contributed by atoms with Crippen LogP contribution in [0.15, 0.2) is 36.4 Å². The van der Waals surface area contributed by atoms with E-state index in [1.165, 1.54) is 26.4 Å². The second-order valence-corrected chi connectivity index (χ2v) is 5.70. The fraction of sp³-hybridized carbons (Fsp3) is 0.222. The number of benzene rings is 2. The number of nitrogens with zero attached hydrogens (tertiary/aromatic N) is 1. The second-order valence-electron chi connectivity index (χ2n) is 5.70. The highest BCUT2D eigenvalue weighted by Crippen LogP contribution is 2.28. The Balaban J connectivity index is 1.97. The summed E-state index contributed by atoms with van der Waals surface area (Å²) >= 11 is 0. The first kappa shape index (κ1) is 20.5. The molecule has 2 aromatic rings. The fourth-order valence-corrected chi connectivity index (χ4v) is 2.35. The first-order chi connectivity index (χ1) is 13.3. The van der Waals surface area contributed by atoms with Crippen molar-refractivity contribution in [2.45, 2.75) is 6.92 Å². The SMILES string of the molecule is COc1ccc(C)cc1NC(=O)CNC(=O)Nc1cc([N+](=O)[O-])ccc1OC. The van der Waals surface area contributed by atoms with E-state index in [0.717, 1.165) is 11.6 Å². The summed E-state index contributed by atoms with van der Waals surface area (Å²) in [5.41, 5.74) is 1.31. The lowest BCUT2D eigenvalue weighted by atomic mass is 10.2. The van der Waals surface area contributed by atoms with Gasteiger partial charge < -0.3 is 25.4 Å². The Morgan fingerprint density at radius 3 is 2.21 bits per heavy atom. The van der Waals surface area contributed by atoms with E-state index in [1.54, 1.807) is 12.1 Å². The molecule has 2 rings (SSSR count). The monoisotopic (exact) mass is 388 g/mol. The Bertz CT molecular complexity index is 900. The molecule has 10 nitrogen and oxygen atoms in total. The predicted molar refractivity (Wildman–Crippen MR) is 103 cm³/mol. The number of nitrogens with one attached hydrogen (secondary N) is 3.